The predicted molar refractivity (Wildman–Crippen MR) is 67.6 cm³/mol. The molecule has 1 saturated carbocycles. The fraction of sp³-hybridized carbons (Fsp3) is 0.417. The Morgan fingerprint density at radius 3 is 2.94 bits per heavy atom. The van der Waals surface area contributed by atoms with Crippen LogP contribution in [0.1, 0.15) is 25.5 Å². The summed E-state index contributed by atoms with van der Waals surface area (Å²) in [5.41, 5.74) is 6.07. The third-order valence-corrected chi connectivity index (χ3v) is 2.71. The van der Waals surface area contributed by atoms with Crippen molar-refractivity contribution in [2.75, 3.05) is 11.1 Å². The first-order chi connectivity index (χ1) is 8.60. The standard InChI is InChI=1S/C12H15N5O/c1-7(12(18)16-8-2-3-8)15-11-5-4-9(14)10(6-13)17-11/h4-5,7-8H,2-3,14H2,1H3,(H,15,17)(H,16,18). The smallest absolute Gasteiger partial charge is 0.242 e. The van der Waals surface area contributed by atoms with Gasteiger partial charge in [0, 0.05) is 6.04 Å². The van der Waals surface area contributed by atoms with Crippen molar-refractivity contribution in [2.45, 2.75) is 31.8 Å². The van der Waals surface area contributed by atoms with Gasteiger partial charge in [0.15, 0.2) is 5.69 Å². The second-order valence-electron chi connectivity index (χ2n) is 4.40. The summed E-state index contributed by atoms with van der Waals surface area (Å²) >= 11 is 0. The number of nitrogen functional groups attached to an aromatic ring is 1. The van der Waals surface area contributed by atoms with Crippen molar-refractivity contribution < 1.29 is 4.79 Å². The van der Waals surface area contributed by atoms with Crippen LogP contribution in [0.15, 0.2) is 12.1 Å². The van der Waals surface area contributed by atoms with Crippen LogP contribution in [0.3, 0.4) is 0 Å². The van der Waals surface area contributed by atoms with Gasteiger partial charge in [0.25, 0.3) is 0 Å². The molecular formula is C12H15N5O. The van der Waals surface area contributed by atoms with Crippen molar-refractivity contribution >= 4 is 17.4 Å². The van der Waals surface area contributed by atoms with Gasteiger partial charge in [-0.1, -0.05) is 0 Å². The Balaban J connectivity index is 1.99. The molecule has 1 aliphatic rings. The molecule has 6 nitrogen and oxygen atoms in total. The SMILES string of the molecule is CC(Nc1ccc(N)c(C#N)n1)C(=O)NC1CC1. The van der Waals surface area contributed by atoms with E-state index in [0.717, 1.165) is 12.8 Å². The number of anilines is 2. The first-order valence-electron chi connectivity index (χ1n) is 5.83. The number of nitrogens with two attached hydrogens (primary N) is 1. The van der Waals surface area contributed by atoms with Crippen LogP contribution in [0.25, 0.3) is 0 Å². The fourth-order valence-corrected chi connectivity index (χ4v) is 1.48. The lowest BCUT2D eigenvalue weighted by atomic mass is 10.2. The highest BCUT2D eigenvalue weighted by Gasteiger charge is 2.25. The van der Waals surface area contributed by atoms with Gasteiger partial charge in [-0.15, -0.1) is 0 Å². The summed E-state index contributed by atoms with van der Waals surface area (Å²) in [4.78, 5) is 15.8. The number of nitriles is 1. The van der Waals surface area contributed by atoms with E-state index in [2.05, 4.69) is 15.6 Å². The third-order valence-electron chi connectivity index (χ3n) is 2.71. The highest BCUT2D eigenvalue weighted by molar-refractivity contribution is 5.84. The minimum atomic E-state index is -0.395. The molecule has 6 heteroatoms. The summed E-state index contributed by atoms with van der Waals surface area (Å²) in [5, 5.41) is 14.7. The molecular weight excluding hydrogens is 230 g/mol. The maximum atomic E-state index is 11.7. The van der Waals surface area contributed by atoms with E-state index in [1.54, 1.807) is 19.1 Å². The Morgan fingerprint density at radius 1 is 1.61 bits per heavy atom. The third kappa shape index (κ3) is 2.88. The van der Waals surface area contributed by atoms with E-state index >= 15 is 0 Å². The number of nitrogens with zero attached hydrogens (tertiary/aromatic N) is 2. The maximum Gasteiger partial charge on any atom is 0.242 e. The average molecular weight is 245 g/mol. The highest BCUT2D eigenvalue weighted by atomic mass is 16.2. The largest absolute Gasteiger partial charge is 0.396 e. The van der Waals surface area contributed by atoms with Crippen molar-refractivity contribution in [3.8, 4) is 6.07 Å². The summed E-state index contributed by atoms with van der Waals surface area (Å²) in [6.45, 7) is 1.75. The van der Waals surface area contributed by atoms with Crippen molar-refractivity contribution in [3.63, 3.8) is 0 Å². The molecule has 94 valence electrons. The molecule has 1 unspecified atom stereocenters. The molecule has 1 aliphatic carbocycles. The van der Waals surface area contributed by atoms with Crippen LogP contribution >= 0.6 is 0 Å². The van der Waals surface area contributed by atoms with Crippen LogP contribution in [0.5, 0.6) is 0 Å². The number of carbonyl (C=O) groups is 1. The van der Waals surface area contributed by atoms with E-state index < -0.39 is 6.04 Å². The number of aromatic nitrogens is 1. The van der Waals surface area contributed by atoms with E-state index in [1.807, 2.05) is 6.07 Å². The molecule has 1 fully saturated rings. The maximum absolute atomic E-state index is 11.7. The quantitative estimate of drug-likeness (QED) is 0.721. The fourth-order valence-electron chi connectivity index (χ4n) is 1.48. The number of hydrogen-bond donors (Lipinski definition) is 3. The molecule has 0 saturated heterocycles. The Bertz CT molecular complexity index is 504. The molecule has 2 rings (SSSR count). The zero-order valence-corrected chi connectivity index (χ0v) is 10.1. The summed E-state index contributed by atoms with van der Waals surface area (Å²) < 4.78 is 0. The van der Waals surface area contributed by atoms with Crippen molar-refractivity contribution in [2.24, 2.45) is 0 Å². The van der Waals surface area contributed by atoms with Crippen LogP contribution in [-0.4, -0.2) is 23.0 Å². The Labute approximate surface area is 105 Å². The molecule has 0 bridgehead atoms. The van der Waals surface area contributed by atoms with Gasteiger partial charge in [-0.25, -0.2) is 4.98 Å². The zero-order valence-electron chi connectivity index (χ0n) is 10.1. The van der Waals surface area contributed by atoms with Gasteiger partial charge >= 0.3 is 0 Å². The van der Waals surface area contributed by atoms with Crippen LogP contribution in [-0.2, 0) is 4.79 Å². The average Bonchev–Trinajstić information content (AvgIpc) is 3.15. The van der Waals surface area contributed by atoms with E-state index in [1.165, 1.54) is 0 Å². The number of rotatable bonds is 4. The van der Waals surface area contributed by atoms with Gasteiger partial charge in [0.1, 0.15) is 17.9 Å². The number of nitrogens with one attached hydrogen (secondary N) is 2. The normalized spacial score (nSPS) is 15.6. The van der Waals surface area contributed by atoms with E-state index in [-0.39, 0.29) is 11.6 Å². The lowest BCUT2D eigenvalue weighted by Gasteiger charge is -2.14. The topological polar surface area (TPSA) is 104 Å². The second-order valence-corrected chi connectivity index (χ2v) is 4.40. The summed E-state index contributed by atoms with van der Waals surface area (Å²) in [5.74, 6) is 0.411. The Hall–Kier alpha value is -2.29. The Kier molecular flexibility index (Phi) is 3.33. The molecule has 0 spiro atoms. The lowest BCUT2D eigenvalue weighted by molar-refractivity contribution is -0.121. The van der Waals surface area contributed by atoms with Gasteiger partial charge < -0.3 is 16.4 Å². The van der Waals surface area contributed by atoms with Gasteiger partial charge in [0.2, 0.25) is 5.91 Å². The molecule has 1 aromatic rings. The molecule has 1 amide bonds. The highest BCUT2D eigenvalue weighted by Crippen LogP contribution is 2.19. The molecule has 18 heavy (non-hydrogen) atoms. The monoisotopic (exact) mass is 245 g/mol. The van der Waals surface area contributed by atoms with Crippen LogP contribution in [0.2, 0.25) is 0 Å². The van der Waals surface area contributed by atoms with Crippen molar-refractivity contribution in [1.82, 2.24) is 10.3 Å². The predicted octanol–water partition coefficient (Wildman–Crippen LogP) is 0.614. The van der Waals surface area contributed by atoms with E-state index in [4.69, 9.17) is 11.0 Å². The summed E-state index contributed by atoms with van der Waals surface area (Å²) in [7, 11) is 0. The number of amides is 1. The van der Waals surface area contributed by atoms with Crippen molar-refractivity contribution in [3.05, 3.63) is 17.8 Å². The van der Waals surface area contributed by atoms with E-state index in [0.29, 0.717) is 17.5 Å². The molecule has 0 aromatic carbocycles. The number of hydrogen-bond acceptors (Lipinski definition) is 5. The second kappa shape index (κ2) is 4.92. The molecule has 0 radical (unpaired) electrons. The molecule has 1 aromatic heterocycles. The zero-order chi connectivity index (χ0) is 13.1. The minimum absolute atomic E-state index is 0.0605. The molecule has 1 heterocycles. The summed E-state index contributed by atoms with van der Waals surface area (Å²) in [6, 6.07) is 5.08. The number of pyridine rings is 1. The van der Waals surface area contributed by atoms with Crippen LogP contribution in [0, 0.1) is 11.3 Å². The lowest BCUT2D eigenvalue weighted by Crippen LogP contribution is -2.38. The van der Waals surface area contributed by atoms with E-state index in [9.17, 15) is 4.79 Å². The minimum Gasteiger partial charge on any atom is -0.396 e. The first-order valence-corrected chi connectivity index (χ1v) is 5.83. The van der Waals surface area contributed by atoms with Gasteiger partial charge in [-0.3, -0.25) is 4.79 Å². The summed E-state index contributed by atoms with van der Waals surface area (Å²) in [6.07, 6.45) is 2.11. The van der Waals surface area contributed by atoms with Gasteiger partial charge in [0.05, 0.1) is 5.69 Å². The molecule has 0 aliphatic heterocycles. The van der Waals surface area contributed by atoms with Crippen molar-refractivity contribution in [1.29, 1.82) is 5.26 Å². The van der Waals surface area contributed by atoms with Crippen LogP contribution in [0.4, 0.5) is 11.5 Å². The van der Waals surface area contributed by atoms with Gasteiger partial charge in [-0.2, -0.15) is 5.26 Å². The number of carbonyl (C=O) groups excluding carboxylic acids is 1. The van der Waals surface area contributed by atoms with Gasteiger partial charge in [-0.05, 0) is 31.9 Å². The molecule has 4 N–H and O–H groups in total. The van der Waals surface area contributed by atoms with Crippen LogP contribution < -0.4 is 16.4 Å². The first kappa shape index (κ1) is 12.2. The molecule has 1 atom stereocenters. The Morgan fingerprint density at radius 2 is 2.33 bits per heavy atom.